The van der Waals surface area contributed by atoms with Crippen LogP contribution < -0.4 is 5.73 Å². The predicted octanol–water partition coefficient (Wildman–Crippen LogP) is 1.29. The summed E-state index contributed by atoms with van der Waals surface area (Å²) in [7, 11) is 0.414. The quantitative estimate of drug-likeness (QED) is 0.851. The number of likely N-dealkylation sites (N-methyl/N-ethyl adjacent to an activating group) is 1. The molecule has 1 saturated heterocycles. The number of rotatable bonds is 4. The molecule has 6 heteroatoms. The van der Waals surface area contributed by atoms with E-state index in [2.05, 4.69) is 0 Å². The fraction of sp³-hybridized carbons (Fsp3) is 0.571. The van der Waals surface area contributed by atoms with E-state index < -0.39 is 10.0 Å². The summed E-state index contributed by atoms with van der Waals surface area (Å²) in [6.07, 6.45) is 1.81. The van der Waals surface area contributed by atoms with E-state index in [0.717, 1.165) is 19.4 Å². The van der Waals surface area contributed by atoms with Gasteiger partial charge >= 0.3 is 0 Å². The van der Waals surface area contributed by atoms with Crippen LogP contribution in [0.25, 0.3) is 0 Å². The molecule has 1 heterocycles. The van der Waals surface area contributed by atoms with Gasteiger partial charge in [0.15, 0.2) is 0 Å². The first-order valence-corrected chi connectivity index (χ1v) is 8.29. The molecule has 1 atom stereocenters. The van der Waals surface area contributed by atoms with Gasteiger partial charge in [0.05, 0.1) is 5.69 Å². The van der Waals surface area contributed by atoms with Gasteiger partial charge in [-0.15, -0.1) is 0 Å². The molecule has 0 spiro atoms. The zero-order chi connectivity index (χ0) is 14.9. The Labute approximate surface area is 121 Å². The molecular weight excluding hydrogens is 274 g/mol. The lowest BCUT2D eigenvalue weighted by Crippen LogP contribution is -2.41. The minimum absolute atomic E-state index is 0.0361. The number of nitrogens with two attached hydrogens (primary N) is 1. The van der Waals surface area contributed by atoms with E-state index in [1.165, 1.54) is 0 Å². The van der Waals surface area contributed by atoms with Gasteiger partial charge in [-0.2, -0.15) is 4.31 Å². The topological polar surface area (TPSA) is 66.6 Å². The largest absolute Gasteiger partial charge is 0.398 e. The fourth-order valence-electron chi connectivity index (χ4n) is 2.87. The van der Waals surface area contributed by atoms with Gasteiger partial charge in [0.2, 0.25) is 10.0 Å². The van der Waals surface area contributed by atoms with Crippen molar-refractivity contribution in [1.29, 1.82) is 0 Å². The minimum atomic E-state index is -3.51. The zero-order valence-corrected chi connectivity index (χ0v) is 13.2. The molecule has 5 nitrogen and oxygen atoms in total. The number of nitrogens with zero attached hydrogens (tertiary/aromatic N) is 2. The Kier molecular flexibility index (Phi) is 4.36. The summed E-state index contributed by atoms with van der Waals surface area (Å²) >= 11 is 0. The van der Waals surface area contributed by atoms with Crippen LogP contribution in [0, 0.1) is 6.92 Å². The second kappa shape index (κ2) is 5.71. The zero-order valence-electron chi connectivity index (χ0n) is 12.3. The van der Waals surface area contributed by atoms with E-state index in [9.17, 15) is 8.42 Å². The maximum Gasteiger partial charge on any atom is 0.245 e. The molecule has 1 aliphatic rings. The van der Waals surface area contributed by atoms with Crippen molar-refractivity contribution in [2.24, 2.45) is 0 Å². The van der Waals surface area contributed by atoms with E-state index in [1.807, 2.05) is 19.0 Å². The molecule has 112 valence electrons. The van der Waals surface area contributed by atoms with E-state index in [4.69, 9.17) is 5.73 Å². The number of anilines is 1. The lowest BCUT2D eigenvalue weighted by molar-refractivity contribution is 0.291. The van der Waals surface area contributed by atoms with Crippen molar-refractivity contribution < 1.29 is 8.42 Å². The maximum atomic E-state index is 12.9. The normalized spacial score (nSPS) is 20.7. The Hall–Kier alpha value is -1.11. The van der Waals surface area contributed by atoms with Crippen LogP contribution in [0.3, 0.4) is 0 Å². The third kappa shape index (κ3) is 2.82. The monoisotopic (exact) mass is 297 g/mol. The van der Waals surface area contributed by atoms with Gasteiger partial charge in [-0.3, -0.25) is 0 Å². The Morgan fingerprint density at radius 1 is 1.40 bits per heavy atom. The Bertz CT molecular complexity index is 564. The van der Waals surface area contributed by atoms with Crippen molar-refractivity contribution in [2.75, 3.05) is 32.9 Å². The molecule has 0 bridgehead atoms. The van der Waals surface area contributed by atoms with Crippen LogP contribution in [0.4, 0.5) is 5.69 Å². The number of aryl methyl sites for hydroxylation is 1. The smallest absolute Gasteiger partial charge is 0.245 e. The van der Waals surface area contributed by atoms with Crippen molar-refractivity contribution in [3.05, 3.63) is 23.8 Å². The van der Waals surface area contributed by atoms with Crippen LogP contribution in [-0.4, -0.2) is 50.8 Å². The van der Waals surface area contributed by atoms with Gasteiger partial charge in [-0.1, -0.05) is 12.1 Å². The average Bonchev–Trinajstić information content (AvgIpc) is 2.76. The first kappa shape index (κ1) is 15.3. The van der Waals surface area contributed by atoms with Gasteiger partial charge < -0.3 is 10.6 Å². The van der Waals surface area contributed by atoms with Crippen LogP contribution in [0.2, 0.25) is 0 Å². The van der Waals surface area contributed by atoms with Crippen molar-refractivity contribution in [2.45, 2.75) is 30.7 Å². The molecule has 1 aliphatic heterocycles. The molecule has 1 unspecified atom stereocenters. The second-order valence-corrected chi connectivity index (χ2v) is 7.49. The molecule has 1 fully saturated rings. The molecule has 0 radical (unpaired) electrons. The number of nitrogen functional groups attached to an aromatic ring is 1. The maximum absolute atomic E-state index is 12.9. The standard InChI is InChI=1S/C14H23N3O2S/c1-11-6-4-8-13(15)14(11)20(18,19)17-9-5-7-12(17)10-16(2)3/h4,6,8,12H,5,7,9-10,15H2,1-3H3. The third-order valence-electron chi connectivity index (χ3n) is 3.71. The van der Waals surface area contributed by atoms with E-state index in [-0.39, 0.29) is 10.9 Å². The molecule has 2 rings (SSSR count). The summed E-state index contributed by atoms with van der Waals surface area (Å²) in [6.45, 7) is 3.11. The number of benzene rings is 1. The number of hydrogen-bond acceptors (Lipinski definition) is 4. The van der Waals surface area contributed by atoms with Gasteiger partial charge in [-0.05, 0) is 45.5 Å². The molecule has 0 aromatic heterocycles. The highest BCUT2D eigenvalue weighted by Gasteiger charge is 2.37. The van der Waals surface area contributed by atoms with Crippen molar-refractivity contribution in [1.82, 2.24) is 9.21 Å². The van der Waals surface area contributed by atoms with Crippen molar-refractivity contribution in [3.63, 3.8) is 0 Å². The number of hydrogen-bond donors (Lipinski definition) is 1. The van der Waals surface area contributed by atoms with E-state index in [1.54, 1.807) is 29.4 Å². The molecule has 0 amide bonds. The summed E-state index contributed by atoms with van der Waals surface area (Å²) in [6, 6.07) is 5.26. The predicted molar refractivity (Wildman–Crippen MR) is 81.1 cm³/mol. The third-order valence-corrected chi connectivity index (χ3v) is 5.88. The first-order chi connectivity index (χ1) is 9.34. The highest BCUT2D eigenvalue weighted by atomic mass is 32.2. The van der Waals surface area contributed by atoms with Crippen LogP contribution in [0.15, 0.2) is 23.1 Å². The molecule has 1 aromatic rings. The lowest BCUT2D eigenvalue weighted by Gasteiger charge is -2.27. The highest BCUT2D eigenvalue weighted by Crippen LogP contribution is 2.31. The number of sulfonamides is 1. The SMILES string of the molecule is Cc1cccc(N)c1S(=O)(=O)N1CCCC1CN(C)C. The summed E-state index contributed by atoms with van der Waals surface area (Å²) in [5.41, 5.74) is 6.95. The average molecular weight is 297 g/mol. The highest BCUT2D eigenvalue weighted by molar-refractivity contribution is 7.89. The van der Waals surface area contributed by atoms with Crippen LogP contribution in [0.5, 0.6) is 0 Å². The van der Waals surface area contributed by atoms with E-state index in [0.29, 0.717) is 17.8 Å². The van der Waals surface area contributed by atoms with Crippen LogP contribution >= 0.6 is 0 Å². The summed E-state index contributed by atoms with van der Waals surface area (Å²) < 4.78 is 27.4. The van der Waals surface area contributed by atoms with E-state index >= 15 is 0 Å². The van der Waals surface area contributed by atoms with Crippen LogP contribution in [0.1, 0.15) is 18.4 Å². The van der Waals surface area contributed by atoms with Gasteiger partial charge in [0.1, 0.15) is 4.90 Å². The Morgan fingerprint density at radius 3 is 2.70 bits per heavy atom. The Morgan fingerprint density at radius 2 is 2.10 bits per heavy atom. The van der Waals surface area contributed by atoms with Crippen molar-refractivity contribution in [3.8, 4) is 0 Å². The first-order valence-electron chi connectivity index (χ1n) is 6.85. The molecule has 2 N–H and O–H groups in total. The summed E-state index contributed by atoms with van der Waals surface area (Å²) in [5, 5.41) is 0. The fourth-order valence-corrected chi connectivity index (χ4v) is 4.88. The Balaban J connectivity index is 2.39. The minimum Gasteiger partial charge on any atom is -0.398 e. The van der Waals surface area contributed by atoms with Gasteiger partial charge in [-0.25, -0.2) is 8.42 Å². The molecule has 0 saturated carbocycles. The van der Waals surface area contributed by atoms with Gasteiger partial charge in [0, 0.05) is 19.1 Å². The van der Waals surface area contributed by atoms with Gasteiger partial charge in [0.25, 0.3) is 0 Å². The lowest BCUT2D eigenvalue weighted by atomic mass is 10.2. The van der Waals surface area contributed by atoms with Crippen molar-refractivity contribution >= 4 is 15.7 Å². The molecule has 20 heavy (non-hydrogen) atoms. The second-order valence-electron chi connectivity index (χ2n) is 5.67. The molecule has 0 aliphatic carbocycles. The summed E-state index contributed by atoms with van der Waals surface area (Å²) in [5.74, 6) is 0. The summed E-state index contributed by atoms with van der Waals surface area (Å²) in [4.78, 5) is 2.30. The molecular formula is C14H23N3O2S. The van der Waals surface area contributed by atoms with Crippen LogP contribution in [-0.2, 0) is 10.0 Å². The molecule has 1 aromatic carbocycles.